The molecule has 0 bridgehead atoms. The number of carbonyl (C=O) groups excluding carboxylic acids is 2. The topological polar surface area (TPSA) is 186 Å². The van der Waals surface area contributed by atoms with Crippen LogP contribution in [0.5, 0.6) is 0 Å². The average molecular weight is 931 g/mol. The highest BCUT2D eigenvalue weighted by molar-refractivity contribution is 7.85. The van der Waals surface area contributed by atoms with Gasteiger partial charge >= 0.3 is 11.9 Å². The summed E-state index contributed by atoms with van der Waals surface area (Å²) in [4.78, 5) is 25.5. The van der Waals surface area contributed by atoms with E-state index >= 15 is 0 Å². The molecule has 12 nitrogen and oxygen atoms in total. The number of hydrogen-bond donors (Lipinski definition) is 4. The third-order valence-corrected chi connectivity index (χ3v) is 12.9. The second-order valence-electron chi connectivity index (χ2n) is 18.3. The van der Waals surface area contributed by atoms with Crippen molar-refractivity contribution in [3.8, 4) is 0 Å². The molecule has 1 fully saturated rings. The lowest BCUT2D eigenvalue weighted by Gasteiger charge is -2.40. The number of carbonyl (C=O) groups is 2. The van der Waals surface area contributed by atoms with E-state index in [0.717, 1.165) is 44.9 Å². The van der Waals surface area contributed by atoms with Crippen LogP contribution in [0.15, 0.2) is 24.8 Å². The van der Waals surface area contributed by atoms with Gasteiger partial charge in [0.2, 0.25) is 0 Å². The molecule has 376 valence electrons. The molecular formula is C51H94O12S. The van der Waals surface area contributed by atoms with Crippen LogP contribution < -0.4 is 0 Å². The van der Waals surface area contributed by atoms with Crippen molar-refractivity contribution >= 4 is 22.1 Å². The van der Waals surface area contributed by atoms with Crippen LogP contribution in [-0.4, -0.2) is 96.0 Å². The molecule has 0 aromatic carbocycles. The standard InChI is InChI=1S/C51H94O12S/c1-3-5-7-9-11-13-15-17-19-20-21-22-23-24-26-28-30-32-34-36-38-40-47(53)62-44(42-61-51-50(56)49(55)48(54)45(63-51)43-64(57,58)59)41-60-46(52)39-37-35-33-31-29-27-25-18-16-14-12-10-8-6-4-2/h4,17,19,44-45,48-51,54-56H,2-3,5-16,18,20-43H2,1H3,(H,57,58,59)/b19-17+/t44-,45-,48-,49?,50?,51+/m1/s1. The minimum atomic E-state index is -4.60. The molecule has 1 aliphatic rings. The summed E-state index contributed by atoms with van der Waals surface area (Å²) in [5, 5.41) is 31.0. The van der Waals surface area contributed by atoms with E-state index in [1.807, 2.05) is 6.08 Å². The van der Waals surface area contributed by atoms with Gasteiger partial charge in [0.1, 0.15) is 36.8 Å². The second-order valence-corrected chi connectivity index (χ2v) is 19.8. The highest BCUT2D eigenvalue weighted by Gasteiger charge is 2.46. The SMILES string of the molecule is C=CCCCCCCCCCCCCCCCC(=O)OC[C@H](CO[C@H]1O[C@H](CS(=O)(=O)O)[C@@H](O)C(O)C1O)OC(=O)CCCCCCCCCCCCC/C=C/CCCCCCCC. The van der Waals surface area contributed by atoms with Gasteiger partial charge in [-0.25, -0.2) is 0 Å². The summed E-state index contributed by atoms with van der Waals surface area (Å²) in [5.41, 5.74) is 0. The van der Waals surface area contributed by atoms with Crippen LogP contribution in [0.2, 0.25) is 0 Å². The number of rotatable bonds is 45. The molecule has 1 saturated heterocycles. The summed E-state index contributed by atoms with van der Waals surface area (Å²) in [6.45, 7) is 5.32. The highest BCUT2D eigenvalue weighted by Crippen LogP contribution is 2.24. The number of aliphatic hydroxyl groups is 3. The molecule has 64 heavy (non-hydrogen) atoms. The van der Waals surface area contributed by atoms with Gasteiger partial charge < -0.3 is 34.3 Å². The van der Waals surface area contributed by atoms with Gasteiger partial charge in [0, 0.05) is 12.8 Å². The summed E-state index contributed by atoms with van der Waals surface area (Å²) in [7, 11) is -4.60. The number of unbranched alkanes of at least 4 members (excludes halogenated alkanes) is 30. The number of esters is 2. The summed E-state index contributed by atoms with van der Waals surface area (Å²) < 4.78 is 54.2. The predicted molar refractivity (Wildman–Crippen MR) is 256 cm³/mol. The Kier molecular flexibility index (Phi) is 38.8. The fraction of sp³-hybridized carbons (Fsp3) is 0.882. The Labute approximate surface area is 389 Å². The molecule has 13 heteroatoms. The largest absolute Gasteiger partial charge is 0.462 e. The molecule has 1 rings (SSSR count). The number of allylic oxidation sites excluding steroid dienone is 3. The Morgan fingerprint density at radius 1 is 0.562 bits per heavy atom. The van der Waals surface area contributed by atoms with Crippen LogP contribution in [-0.2, 0) is 38.7 Å². The fourth-order valence-electron chi connectivity index (χ4n) is 8.12. The first-order valence-corrected chi connectivity index (χ1v) is 27.5. The quantitative estimate of drug-likeness (QED) is 0.0196. The monoisotopic (exact) mass is 931 g/mol. The molecular weight excluding hydrogens is 837 g/mol. The average Bonchev–Trinajstić information content (AvgIpc) is 3.26. The zero-order chi connectivity index (χ0) is 46.9. The normalized spacial score (nSPS) is 19.5. The number of ether oxygens (including phenoxy) is 4. The first-order valence-electron chi connectivity index (χ1n) is 25.9. The summed E-state index contributed by atoms with van der Waals surface area (Å²) in [6, 6.07) is 0. The predicted octanol–water partition coefficient (Wildman–Crippen LogP) is 11.6. The molecule has 0 aliphatic carbocycles. The van der Waals surface area contributed by atoms with Crippen LogP contribution >= 0.6 is 0 Å². The van der Waals surface area contributed by atoms with Crippen molar-refractivity contribution < 1.29 is 56.8 Å². The Morgan fingerprint density at radius 2 is 0.969 bits per heavy atom. The van der Waals surface area contributed by atoms with Crippen LogP contribution in [0.4, 0.5) is 0 Å². The Balaban J connectivity index is 2.35. The van der Waals surface area contributed by atoms with Gasteiger partial charge in [0.05, 0.1) is 6.61 Å². The smallest absolute Gasteiger partial charge is 0.306 e. The van der Waals surface area contributed by atoms with Crippen LogP contribution in [0.1, 0.15) is 232 Å². The molecule has 0 aromatic rings. The van der Waals surface area contributed by atoms with E-state index in [0.29, 0.717) is 12.8 Å². The van der Waals surface area contributed by atoms with Crippen LogP contribution in [0, 0.1) is 0 Å². The first-order chi connectivity index (χ1) is 31.0. The summed E-state index contributed by atoms with van der Waals surface area (Å²) >= 11 is 0. The molecule has 0 amide bonds. The molecule has 0 aromatic heterocycles. The maximum absolute atomic E-state index is 12.9. The molecule has 1 aliphatic heterocycles. The highest BCUT2D eigenvalue weighted by atomic mass is 32.2. The minimum absolute atomic E-state index is 0.166. The van der Waals surface area contributed by atoms with E-state index in [1.165, 1.54) is 154 Å². The lowest BCUT2D eigenvalue weighted by Crippen LogP contribution is -2.60. The van der Waals surface area contributed by atoms with Crippen molar-refractivity contribution in [2.24, 2.45) is 0 Å². The Bertz CT molecular complexity index is 1260. The Morgan fingerprint density at radius 3 is 1.41 bits per heavy atom. The third-order valence-electron chi connectivity index (χ3n) is 12.1. The van der Waals surface area contributed by atoms with Crippen molar-refractivity contribution in [3.63, 3.8) is 0 Å². The van der Waals surface area contributed by atoms with Gasteiger partial charge in [-0.05, 0) is 51.4 Å². The van der Waals surface area contributed by atoms with Gasteiger partial charge in [-0.15, -0.1) is 6.58 Å². The van der Waals surface area contributed by atoms with Crippen molar-refractivity contribution in [3.05, 3.63) is 24.8 Å². The van der Waals surface area contributed by atoms with Crippen LogP contribution in [0.3, 0.4) is 0 Å². The first kappa shape index (κ1) is 60.1. The van der Waals surface area contributed by atoms with E-state index in [9.17, 15) is 37.9 Å². The van der Waals surface area contributed by atoms with Gasteiger partial charge in [-0.2, -0.15) is 8.42 Å². The van der Waals surface area contributed by atoms with Crippen molar-refractivity contribution in [2.75, 3.05) is 19.0 Å². The zero-order valence-electron chi connectivity index (χ0n) is 40.2. The maximum Gasteiger partial charge on any atom is 0.306 e. The van der Waals surface area contributed by atoms with Crippen molar-refractivity contribution in [2.45, 2.75) is 268 Å². The third kappa shape index (κ3) is 35.3. The van der Waals surface area contributed by atoms with E-state index in [4.69, 9.17) is 18.9 Å². The lowest BCUT2D eigenvalue weighted by atomic mass is 10.00. The van der Waals surface area contributed by atoms with Gasteiger partial charge in [0.25, 0.3) is 10.1 Å². The number of hydrogen-bond acceptors (Lipinski definition) is 11. The molecule has 0 saturated carbocycles. The molecule has 2 unspecified atom stereocenters. The molecule has 0 radical (unpaired) electrons. The second kappa shape index (κ2) is 41.3. The zero-order valence-corrected chi connectivity index (χ0v) is 41.1. The number of aliphatic hydroxyl groups excluding tert-OH is 3. The van der Waals surface area contributed by atoms with E-state index in [1.54, 1.807) is 0 Å². The van der Waals surface area contributed by atoms with E-state index in [-0.39, 0.29) is 19.4 Å². The van der Waals surface area contributed by atoms with E-state index < -0.39 is 71.2 Å². The van der Waals surface area contributed by atoms with Crippen molar-refractivity contribution in [1.82, 2.24) is 0 Å². The van der Waals surface area contributed by atoms with Gasteiger partial charge in [-0.1, -0.05) is 186 Å². The van der Waals surface area contributed by atoms with Crippen molar-refractivity contribution in [1.29, 1.82) is 0 Å². The van der Waals surface area contributed by atoms with Gasteiger partial charge in [0.15, 0.2) is 12.4 Å². The van der Waals surface area contributed by atoms with Crippen LogP contribution in [0.25, 0.3) is 0 Å². The fourth-order valence-corrected chi connectivity index (χ4v) is 8.81. The van der Waals surface area contributed by atoms with Gasteiger partial charge in [-0.3, -0.25) is 14.1 Å². The molecule has 0 spiro atoms. The minimum Gasteiger partial charge on any atom is -0.462 e. The molecule has 4 N–H and O–H groups in total. The Hall–Kier alpha value is -1.87. The molecule has 1 heterocycles. The van der Waals surface area contributed by atoms with E-state index in [2.05, 4.69) is 25.7 Å². The summed E-state index contributed by atoms with van der Waals surface area (Å²) in [6.07, 6.45) is 36.8. The maximum atomic E-state index is 12.9. The molecule has 6 atom stereocenters. The lowest BCUT2D eigenvalue weighted by molar-refractivity contribution is -0.297. The summed E-state index contributed by atoms with van der Waals surface area (Å²) in [5.74, 6) is -1.97.